The molecule has 0 saturated carbocycles. The third-order valence-corrected chi connectivity index (χ3v) is 5.03. The molecule has 126 valence electrons. The van der Waals surface area contributed by atoms with Crippen LogP contribution in [0.25, 0.3) is 0 Å². The molecule has 1 amide bonds. The van der Waals surface area contributed by atoms with Crippen LogP contribution in [0.3, 0.4) is 0 Å². The standard InChI is InChI=1S/C11H23NO7S2/c1-3-4-6-12-11(13)9(2)8-10(21(17,18)19)5-7-20(14,15)16/h9-10H,3-8H2,1-2H3,(H,12,13)(H,14,15,16)(H,17,18,19). The molecule has 0 radical (unpaired) electrons. The van der Waals surface area contributed by atoms with E-state index in [0.29, 0.717) is 6.54 Å². The number of unbranched alkanes of at least 4 members (excludes halogenated alkanes) is 1. The van der Waals surface area contributed by atoms with Gasteiger partial charge in [0, 0.05) is 12.5 Å². The minimum absolute atomic E-state index is 0.216. The Labute approximate surface area is 125 Å². The molecule has 8 nitrogen and oxygen atoms in total. The second kappa shape index (κ2) is 8.66. The molecule has 0 aliphatic heterocycles. The lowest BCUT2D eigenvalue weighted by molar-refractivity contribution is -0.124. The molecule has 0 rings (SSSR count). The third kappa shape index (κ3) is 9.77. The molecular formula is C11H23NO7S2. The predicted octanol–water partition coefficient (Wildman–Crippen LogP) is 0.463. The van der Waals surface area contributed by atoms with Crippen LogP contribution in [0, 0.1) is 5.92 Å². The minimum Gasteiger partial charge on any atom is -0.356 e. The van der Waals surface area contributed by atoms with Crippen LogP contribution in [-0.4, -0.2) is 49.4 Å². The maximum Gasteiger partial charge on any atom is 0.267 e. The van der Waals surface area contributed by atoms with E-state index >= 15 is 0 Å². The summed E-state index contributed by atoms with van der Waals surface area (Å²) in [6.07, 6.45) is 1.01. The molecular weight excluding hydrogens is 322 g/mol. The van der Waals surface area contributed by atoms with Gasteiger partial charge in [-0.2, -0.15) is 16.8 Å². The van der Waals surface area contributed by atoms with Gasteiger partial charge in [0.1, 0.15) is 0 Å². The Balaban J connectivity index is 4.64. The molecule has 2 atom stereocenters. The number of carbonyl (C=O) groups is 1. The Morgan fingerprint density at radius 1 is 1.19 bits per heavy atom. The van der Waals surface area contributed by atoms with Crippen LogP contribution < -0.4 is 5.32 Å². The fraction of sp³-hybridized carbons (Fsp3) is 0.909. The molecule has 0 aliphatic carbocycles. The Hall–Kier alpha value is -0.710. The normalized spacial score (nSPS) is 15.4. The van der Waals surface area contributed by atoms with Crippen molar-refractivity contribution in [2.24, 2.45) is 5.92 Å². The van der Waals surface area contributed by atoms with Crippen molar-refractivity contribution in [1.82, 2.24) is 5.32 Å². The van der Waals surface area contributed by atoms with Crippen LogP contribution in [0.15, 0.2) is 0 Å². The maximum atomic E-state index is 11.7. The molecule has 0 aromatic rings. The maximum absolute atomic E-state index is 11.7. The topological polar surface area (TPSA) is 138 Å². The van der Waals surface area contributed by atoms with E-state index in [1.54, 1.807) is 0 Å². The summed E-state index contributed by atoms with van der Waals surface area (Å²) in [4.78, 5) is 11.7. The largest absolute Gasteiger partial charge is 0.356 e. The summed E-state index contributed by atoms with van der Waals surface area (Å²) in [6, 6.07) is 0. The Kier molecular flexibility index (Phi) is 8.37. The molecule has 0 aromatic heterocycles. The zero-order valence-corrected chi connectivity index (χ0v) is 13.8. The van der Waals surface area contributed by atoms with Crippen molar-refractivity contribution in [2.75, 3.05) is 12.3 Å². The zero-order valence-electron chi connectivity index (χ0n) is 12.1. The molecule has 0 aliphatic rings. The molecule has 0 bridgehead atoms. The van der Waals surface area contributed by atoms with Crippen LogP contribution in [0.1, 0.15) is 39.5 Å². The number of rotatable bonds is 10. The number of carbonyl (C=O) groups excluding carboxylic acids is 1. The predicted molar refractivity (Wildman–Crippen MR) is 78.1 cm³/mol. The first-order chi connectivity index (χ1) is 9.47. The summed E-state index contributed by atoms with van der Waals surface area (Å²) in [5.41, 5.74) is 0. The average molecular weight is 345 g/mol. The monoisotopic (exact) mass is 345 g/mol. The number of amides is 1. The SMILES string of the molecule is CCCCNC(=O)C(C)CC(CCS(=O)(=O)O)S(=O)(=O)O. The van der Waals surface area contributed by atoms with Gasteiger partial charge in [-0.1, -0.05) is 20.3 Å². The molecule has 2 unspecified atom stereocenters. The van der Waals surface area contributed by atoms with Gasteiger partial charge in [0.2, 0.25) is 5.91 Å². The highest BCUT2D eigenvalue weighted by molar-refractivity contribution is 7.87. The van der Waals surface area contributed by atoms with E-state index in [1.807, 2.05) is 6.92 Å². The van der Waals surface area contributed by atoms with E-state index in [1.165, 1.54) is 6.92 Å². The number of hydrogen-bond acceptors (Lipinski definition) is 5. The lowest BCUT2D eigenvalue weighted by Crippen LogP contribution is -2.34. The molecule has 0 spiro atoms. The van der Waals surface area contributed by atoms with Crippen LogP contribution in [0.5, 0.6) is 0 Å². The smallest absolute Gasteiger partial charge is 0.267 e. The molecule has 0 heterocycles. The Morgan fingerprint density at radius 2 is 1.76 bits per heavy atom. The first-order valence-electron chi connectivity index (χ1n) is 6.66. The summed E-state index contributed by atoms with van der Waals surface area (Å²) in [5.74, 6) is -1.85. The zero-order chi connectivity index (χ0) is 16.7. The molecule has 10 heteroatoms. The van der Waals surface area contributed by atoms with Crippen LogP contribution in [0.2, 0.25) is 0 Å². The first-order valence-corrected chi connectivity index (χ1v) is 9.77. The van der Waals surface area contributed by atoms with Gasteiger partial charge < -0.3 is 5.32 Å². The second-order valence-electron chi connectivity index (χ2n) is 4.99. The third-order valence-electron chi connectivity index (χ3n) is 3.01. The van der Waals surface area contributed by atoms with Gasteiger partial charge in [0.25, 0.3) is 20.2 Å². The highest BCUT2D eigenvalue weighted by Crippen LogP contribution is 2.17. The molecule has 3 N–H and O–H groups in total. The lowest BCUT2D eigenvalue weighted by atomic mass is 10.0. The van der Waals surface area contributed by atoms with Gasteiger partial charge in [0.05, 0.1) is 11.0 Å². The molecule has 0 fully saturated rings. The van der Waals surface area contributed by atoms with Crippen molar-refractivity contribution in [3.8, 4) is 0 Å². The van der Waals surface area contributed by atoms with Gasteiger partial charge in [-0.3, -0.25) is 13.9 Å². The van der Waals surface area contributed by atoms with E-state index in [0.717, 1.165) is 12.8 Å². The summed E-state index contributed by atoms with van der Waals surface area (Å²) >= 11 is 0. The van der Waals surface area contributed by atoms with Crippen LogP contribution in [-0.2, 0) is 25.0 Å². The van der Waals surface area contributed by atoms with Gasteiger partial charge >= 0.3 is 0 Å². The van der Waals surface area contributed by atoms with E-state index in [-0.39, 0.29) is 12.3 Å². The fourth-order valence-electron chi connectivity index (χ4n) is 1.73. The number of nitrogens with one attached hydrogen (secondary N) is 1. The van der Waals surface area contributed by atoms with E-state index in [4.69, 9.17) is 9.11 Å². The Bertz CT molecular complexity index is 527. The van der Waals surface area contributed by atoms with Crippen molar-refractivity contribution in [1.29, 1.82) is 0 Å². The second-order valence-corrected chi connectivity index (χ2v) is 8.26. The first kappa shape index (κ1) is 20.3. The van der Waals surface area contributed by atoms with Crippen molar-refractivity contribution in [2.45, 2.75) is 44.8 Å². The average Bonchev–Trinajstić information content (AvgIpc) is 2.31. The van der Waals surface area contributed by atoms with Gasteiger partial charge in [-0.15, -0.1) is 0 Å². The summed E-state index contributed by atoms with van der Waals surface area (Å²) in [6.45, 7) is 3.92. The number of hydrogen-bond donors (Lipinski definition) is 3. The van der Waals surface area contributed by atoms with E-state index in [2.05, 4.69) is 5.32 Å². The summed E-state index contributed by atoms with van der Waals surface area (Å²) in [5, 5.41) is 1.22. The quantitative estimate of drug-likeness (QED) is 0.386. The van der Waals surface area contributed by atoms with Crippen molar-refractivity contribution < 1.29 is 30.7 Å². The van der Waals surface area contributed by atoms with E-state index < -0.39 is 43.6 Å². The summed E-state index contributed by atoms with van der Waals surface area (Å²) in [7, 11) is -8.83. The molecule has 0 aromatic carbocycles. The molecule has 0 saturated heterocycles. The van der Waals surface area contributed by atoms with Crippen molar-refractivity contribution in [3.63, 3.8) is 0 Å². The minimum atomic E-state index is -4.50. The van der Waals surface area contributed by atoms with Crippen LogP contribution in [0.4, 0.5) is 0 Å². The summed E-state index contributed by atoms with van der Waals surface area (Å²) < 4.78 is 61.5. The van der Waals surface area contributed by atoms with Gasteiger partial charge in [-0.25, -0.2) is 0 Å². The molecule has 21 heavy (non-hydrogen) atoms. The Morgan fingerprint density at radius 3 is 2.19 bits per heavy atom. The van der Waals surface area contributed by atoms with Crippen LogP contribution >= 0.6 is 0 Å². The van der Waals surface area contributed by atoms with Gasteiger partial charge in [0.15, 0.2) is 0 Å². The highest BCUT2D eigenvalue weighted by atomic mass is 32.2. The van der Waals surface area contributed by atoms with Gasteiger partial charge in [-0.05, 0) is 19.3 Å². The van der Waals surface area contributed by atoms with Crippen molar-refractivity contribution in [3.05, 3.63) is 0 Å². The highest BCUT2D eigenvalue weighted by Gasteiger charge is 2.29. The lowest BCUT2D eigenvalue weighted by Gasteiger charge is -2.18. The van der Waals surface area contributed by atoms with E-state index in [9.17, 15) is 21.6 Å². The fourth-order valence-corrected chi connectivity index (χ4v) is 3.41. The van der Waals surface area contributed by atoms with Crippen molar-refractivity contribution >= 4 is 26.1 Å².